The van der Waals surface area contributed by atoms with Gasteiger partial charge in [-0.3, -0.25) is 9.98 Å². The van der Waals surface area contributed by atoms with Crippen molar-refractivity contribution >= 4 is 22.7 Å². The molecule has 0 bridgehead atoms. The van der Waals surface area contributed by atoms with Crippen LogP contribution in [0.5, 0.6) is 0 Å². The molecule has 1 heterocycles. The molecular formula is C13H14N2. The van der Waals surface area contributed by atoms with Crippen LogP contribution in [0.25, 0.3) is 10.8 Å². The molecule has 0 atom stereocenters. The predicted molar refractivity (Wildman–Crippen MR) is 64.9 cm³/mol. The number of fused-ring (bicyclic) bond motifs is 1. The molecule has 0 fully saturated rings. The third kappa shape index (κ3) is 1.75. The van der Waals surface area contributed by atoms with Crippen molar-refractivity contribution in [3.63, 3.8) is 0 Å². The van der Waals surface area contributed by atoms with Crippen LogP contribution in [0, 0.1) is 0 Å². The molecule has 1 aromatic carbocycles. The fourth-order valence-corrected chi connectivity index (χ4v) is 1.79. The molecule has 0 saturated heterocycles. The third-order valence-electron chi connectivity index (χ3n) is 2.53. The van der Waals surface area contributed by atoms with Gasteiger partial charge in [0, 0.05) is 29.4 Å². The predicted octanol–water partition coefficient (Wildman–Crippen LogP) is 3.52. The fraction of sp³-hybridized carbons (Fsp3) is 0.231. The summed E-state index contributed by atoms with van der Waals surface area (Å²) >= 11 is 0. The Morgan fingerprint density at radius 1 is 1.27 bits per heavy atom. The maximum absolute atomic E-state index is 4.36. The van der Waals surface area contributed by atoms with E-state index in [1.54, 1.807) is 0 Å². The van der Waals surface area contributed by atoms with Gasteiger partial charge < -0.3 is 0 Å². The molecule has 0 N–H and O–H groups in total. The molecule has 1 aromatic heterocycles. The topological polar surface area (TPSA) is 25.2 Å². The highest BCUT2D eigenvalue weighted by atomic mass is 14.7. The smallest absolute Gasteiger partial charge is 0.0705 e. The summed E-state index contributed by atoms with van der Waals surface area (Å²) in [6.45, 7) is 4.09. The summed E-state index contributed by atoms with van der Waals surface area (Å²) in [7, 11) is 0. The van der Waals surface area contributed by atoms with Crippen LogP contribution in [0.1, 0.15) is 19.4 Å². The summed E-state index contributed by atoms with van der Waals surface area (Å²) in [6.07, 6.45) is 6.58. The molecule has 0 aliphatic rings. The van der Waals surface area contributed by atoms with Crippen LogP contribution in [0.2, 0.25) is 0 Å². The van der Waals surface area contributed by atoms with E-state index >= 15 is 0 Å². The van der Waals surface area contributed by atoms with E-state index < -0.39 is 0 Å². The van der Waals surface area contributed by atoms with Crippen molar-refractivity contribution < 1.29 is 0 Å². The Kier molecular flexibility index (Phi) is 2.77. The summed E-state index contributed by atoms with van der Waals surface area (Å²) in [5.74, 6) is 0. The van der Waals surface area contributed by atoms with Gasteiger partial charge in [0.1, 0.15) is 0 Å². The van der Waals surface area contributed by atoms with E-state index in [9.17, 15) is 0 Å². The number of aliphatic imine (C=N–C) groups is 1. The molecule has 0 aliphatic heterocycles. The molecule has 0 saturated carbocycles. The average Bonchev–Trinajstić information content (AvgIpc) is 2.30. The fourth-order valence-electron chi connectivity index (χ4n) is 1.79. The molecule has 2 aromatic rings. The van der Waals surface area contributed by atoms with Gasteiger partial charge in [-0.25, -0.2) is 0 Å². The molecule has 15 heavy (non-hydrogen) atoms. The van der Waals surface area contributed by atoms with Crippen molar-refractivity contribution in [1.29, 1.82) is 0 Å². The highest BCUT2D eigenvalue weighted by molar-refractivity contribution is 5.95. The molecule has 0 spiro atoms. The molecule has 76 valence electrons. The lowest BCUT2D eigenvalue weighted by molar-refractivity contribution is 1.15. The second-order valence-corrected chi connectivity index (χ2v) is 3.41. The first kappa shape index (κ1) is 9.84. The second-order valence-electron chi connectivity index (χ2n) is 3.41. The first-order valence-electron chi connectivity index (χ1n) is 5.21. The number of pyridine rings is 1. The minimum atomic E-state index is 1.02. The summed E-state index contributed by atoms with van der Waals surface area (Å²) in [4.78, 5) is 8.53. The molecule has 0 radical (unpaired) electrons. The lowest BCUT2D eigenvalue weighted by Gasteiger charge is -2.05. The Hall–Kier alpha value is -1.70. The van der Waals surface area contributed by atoms with Crippen LogP contribution in [-0.4, -0.2) is 11.2 Å². The number of aryl methyl sites for hydroxylation is 1. The summed E-state index contributed by atoms with van der Waals surface area (Å²) in [5, 5.41) is 2.39. The maximum Gasteiger partial charge on any atom is 0.0705 e. The normalized spacial score (nSPS) is 11.3. The molecular weight excluding hydrogens is 184 g/mol. The summed E-state index contributed by atoms with van der Waals surface area (Å²) < 4.78 is 0. The number of rotatable bonds is 2. The zero-order chi connectivity index (χ0) is 10.7. The van der Waals surface area contributed by atoms with E-state index in [2.05, 4.69) is 29.0 Å². The van der Waals surface area contributed by atoms with E-state index in [1.165, 1.54) is 16.3 Å². The van der Waals surface area contributed by atoms with Gasteiger partial charge in [0.05, 0.1) is 5.69 Å². The van der Waals surface area contributed by atoms with Crippen LogP contribution < -0.4 is 0 Å². The standard InChI is InChI=1S/C13H14N2/c1-3-10-5-6-13(15-4-2)11-7-8-14-9-12(10)11/h4-9H,3H2,1-2H3. The SMILES string of the molecule is CC=Nc1ccc(CC)c2cnccc12. The van der Waals surface area contributed by atoms with Gasteiger partial charge in [0.2, 0.25) is 0 Å². The van der Waals surface area contributed by atoms with E-state index in [0.717, 1.165) is 12.1 Å². The maximum atomic E-state index is 4.36. The largest absolute Gasteiger partial charge is 0.264 e. The highest BCUT2D eigenvalue weighted by Gasteiger charge is 2.03. The number of aromatic nitrogens is 1. The van der Waals surface area contributed by atoms with Gasteiger partial charge in [-0.2, -0.15) is 0 Å². The van der Waals surface area contributed by atoms with Crippen molar-refractivity contribution in [3.05, 3.63) is 36.2 Å². The monoisotopic (exact) mass is 198 g/mol. The highest BCUT2D eigenvalue weighted by Crippen LogP contribution is 2.28. The van der Waals surface area contributed by atoms with Crippen LogP contribution in [0.15, 0.2) is 35.6 Å². The number of hydrogen-bond donors (Lipinski definition) is 0. The number of benzene rings is 1. The minimum absolute atomic E-state index is 1.02. The Morgan fingerprint density at radius 3 is 2.87 bits per heavy atom. The van der Waals surface area contributed by atoms with Gasteiger partial charge in [0.25, 0.3) is 0 Å². The van der Waals surface area contributed by atoms with E-state index in [-0.39, 0.29) is 0 Å². The third-order valence-corrected chi connectivity index (χ3v) is 2.53. The van der Waals surface area contributed by atoms with E-state index in [4.69, 9.17) is 0 Å². The summed E-state index contributed by atoms with van der Waals surface area (Å²) in [6, 6.07) is 6.23. The molecule has 2 nitrogen and oxygen atoms in total. The molecule has 2 heteroatoms. The Balaban J connectivity index is 2.77. The summed E-state index contributed by atoms with van der Waals surface area (Å²) in [5.41, 5.74) is 2.35. The lowest BCUT2D eigenvalue weighted by atomic mass is 10.0. The Morgan fingerprint density at radius 2 is 2.13 bits per heavy atom. The van der Waals surface area contributed by atoms with Crippen molar-refractivity contribution in [1.82, 2.24) is 4.98 Å². The Labute approximate surface area is 89.7 Å². The number of nitrogens with zero attached hydrogens (tertiary/aromatic N) is 2. The van der Waals surface area contributed by atoms with Crippen molar-refractivity contribution in [2.24, 2.45) is 4.99 Å². The molecule has 0 amide bonds. The van der Waals surface area contributed by atoms with Crippen LogP contribution in [0.4, 0.5) is 5.69 Å². The van der Waals surface area contributed by atoms with E-state index in [0.29, 0.717) is 0 Å². The molecule has 0 unspecified atom stereocenters. The quantitative estimate of drug-likeness (QED) is 0.678. The second kappa shape index (κ2) is 4.22. The number of hydrogen-bond acceptors (Lipinski definition) is 2. The van der Waals surface area contributed by atoms with Gasteiger partial charge in [-0.1, -0.05) is 13.0 Å². The van der Waals surface area contributed by atoms with Crippen molar-refractivity contribution in [2.45, 2.75) is 20.3 Å². The van der Waals surface area contributed by atoms with Crippen LogP contribution >= 0.6 is 0 Å². The average molecular weight is 198 g/mol. The zero-order valence-electron chi connectivity index (χ0n) is 9.07. The minimum Gasteiger partial charge on any atom is -0.264 e. The molecule has 0 aliphatic carbocycles. The van der Waals surface area contributed by atoms with Crippen molar-refractivity contribution in [3.8, 4) is 0 Å². The molecule has 2 rings (SSSR count). The zero-order valence-corrected chi connectivity index (χ0v) is 9.07. The Bertz CT molecular complexity index is 501. The van der Waals surface area contributed by atoms with Gasteiger partial charge in [0.15, 0.2) is 0 Å². The van der Waals surface area contributed by atoms with Gasteiger partial charge in [-0.15, -0.1) is 0 Å². The lowest BCUT2D eigenvalue weighted by Crippen LogP contribution is -1.85. The van der Waals surface area contributed by atoms with Crippen molar-refractivity contribution in [2.75, 3.05) is 0 Å². The van der Waals surface area contributed by atoms with Gasteiger partial charge in [-0.05, 0) is 31.0 Å². The first-order chi connectivity index (χ1) is 7.36. The van der Waals surface area contributed by atoms with Gasteiger partial charge >= 0.3 is 0 Å². The van der Waals surface area contributed by atoms with E-state index in [1.807, 2.05) is 31.6 Å². The van der Waals surface area contributed by atoms with Crippen LogP contribution in [0.3, 0.4) is 0 Å². The first-order valence-corrected chi connectivity index (χ1v) is 5.21. The van der Waals surface area contributed by atoms with Crippen LogP contribution in [-0.2, 0) is 6.42 Å².